The summed E-state index contributed by atoms with van der Waals surface area (Å²) in [5.41, 5.74) is -1.66. The van der Waals surface area contributed by atoms with E-state index in [1.807, 2.05) is 0 Å². The molecule has 0 aliphatic carbocycles. The first-order valence-electron chi connectivity index (χ1n) is 6.24. The van der Waals surface area contributed by atoms with Gasteiger partial charge in [0, 0.05) is 31.8 Å². The lowest BCUT2D eigenvalue weighted by Gasteiger charge is -2.10. The smallest absolute Gasteiger partial charge is 0.308 e. The summed E-state index contributed by atoms with van der Waals surface area (Å²) in [4.78, 5) is 45.7. The summed E-state index contributed by atoms with van der Waals surface area (Å²) >= 11 is 5.68. The average Bonchev–Trinajstić information content (AvgIpc) is 2.50. The Labute approximate surface area is 133 Å². The van der Waals surface area contributed by atoms with Crippen LogP contribution in [0.5, 0.6) is 0 Å². The quantitative estimate of drug-likeness (QED) is 0.659. The number of carbonyl (C=O) groups excluding carboxylic acids is 1. The number of amides is 1. The molecule has 0 bridgehead atoms. The van der Waals surface area contributed by atoms with E-state index in [4.69, 9.17) is 11.6 Å². The third kappa shape index (κ3) is 3.14. The SMILES string of the molecule is Cn1c(NC(=O)c2ccc(Cl)c([N+](=O)[O-])c2)cc(=O)n(C)c1=O. The van der Waals surface area contributed by atoms with Gasteiger partial charge in [-0.3, -0.25) is 28.8 Å². The highest BCUT2D eigenvalue weighted by atomic mass is 35.5. The second-order valence-electron chi connectivity index (χ2n) is 4.65. The molecular weight excluding hydrogens is 328 g/mol. The molecule has 1 aromatic carbocycles. The number of nitro groups is 1. The number of rotatable bonds is 3. The van der Waals surface area contributed by atoms with Gasteiger partial charge in [0.25, 0.3) is 17.2 Å². The molecule has 0 radical (unpaired) electrons. The maximum absolute atomic E-state index is 12.2. The van der Waals surface area contributed by atoms with E-state index in [1.165, 1.54) is 26.2 Å². The van der Waals surface area contributed by atoms with Gasteiger partial charge in [0.1, 0.15) is 10.8 Å². The largest absolute Gasteiger partial charge is 0.332 e. The number of halogens is 1. The van der Waals surface area contributed by atoms with E-state index in [0.717, 1.165) is 21.3 Å². The van der Waals surface area contributed by atoms with Gasteiger partial charge in [-0.1, -0.05) is 11.6 Å². The van der Waals surface area contributed by atoms with Gasteiger partial charge in [-0.15, -0.1) is 0 Å². The van der Waals surface area contributed by atoms with Crippen LogP contribution in [-0.4, -0.2) is 20.0 Å². The highest BCUT2D eigenvalue weighted by molar-refractivity contribution is 6.32. The number of nitrogens with one attached hydrogen (secondary N) is 1. The Bertz CT molecular complexity index is 931. The molecule has 0 saturated carbocycles. The van der Waals surface area contributed by atoms with Gasteiger partial charge in [0.2, 0.25) is 0 Å². The molecule has 23 heavy (non-hydrogen) atoms. The molecule has 10 heteroatoms. The third-order valence-electron chi connectivity index (χ3n) is 3.17. The molecule has 2 aromatic rings. The predicted octanol–water partition coefficient (Wildman–Crippen LogP) is 0.898. The maximum Gasteiger partial charge on any atom is 0.332 e. The molecule has 120 valence electrons. The molecule has 0 fully saturated rings. The molecule has 0 atom stereocenters. The van der Waals surface area contributed by atoms with Crippen molar-refractivity contribution >= 4 is 29.0 Å². The molecular formula is C13H11ClN4O5. The van der Waals surface area contributed by atoms with E-state index in [2.05, 4.69) is 5.32 Å². The Balaban J connectivity index is 2.41. The van der Waals surface area contributed by atoms with Gasteiger partial charge in [0.05, 0.1) is 4.92 Å². The van der Waals surface area contributed by atoms with Crippen molar-refractivity contribution in [2.24, 2.45) is 14.1 Å². The lowest BCUT2D eigenvalue weighted by molar-refractivity contribution is -0.384. The number of benzene rings is 1. The van der Waals surface area contributed by atoms with Crippen LogP contribution in [0.2, 0.25) is 5.02 Å². The summed E-state index contributed by atoms with van der Waals surface area (Å²) in [5, 5.41) is 13.1. The Morgan fingerprint density at radius 2 is 1.87 bits per heavy atom. The highest BCUT2D eigenvalue weighted by Crippen LogP contribution is 2.25. The summed E-state index contributed by atoms with van der Waals surface area (Å²) in [6.07, 6.45) is 0. The summed E-state index contributed by atoms with van der Waals surface area (Å²) in [6.45, 7) is 0. The van der Waals surface area contributed by atoms with E-state index in [9.17, 15) is 24.5 Å². The second-order valence-corrected chi connectivity index (χ2v) is 5.05. The number of nitro benzene ring substituents is 1. The van der Waals surface area contributed by atoms with Gasteiger partial charge in [0.15, 0.2) is 0 Å². The standard InChI is InChI=1S/C13H11ClN4O5/c1-16-10(6-11(19)17(2)13(16)21)15-12(20)7-3-4-8(14)9(5-7)18(22)23/h3-6H,1-2H3,(H,15,20). The number of nitrogens with zero attached hydrogens (tertiary/aromatic N) is 3. The first-order chi connectivity index (χ1) is 10.7. The number of carbonyl (C=O) groups is 1. The van der Waals surface area contributed by atoms with Crippen molar-refractivity contribution in [3.8, 4) is 0 Å². The average molecular weight is 339 g/mol. The Hall–Kier alpha value is -2.94. The first-order valence-corrected chi connectivity index (χ1v) is 6.62. The minimum atomic E-state index is -0.715. The van der Waals surface area contributed by atoms with Crippen molar-refractivity contribution in [1.82, 2.24) is 9.13 Å². The molecule has 0 spiro atoms. The molecule has 0 unspecified atom stereocenters. The minimum Gasteiger partial charge on any atom is -0.308 e. The van der Waals surface area contributed by atoms with Gasteiger partial charge in [-0.05, 0) is 12.1 Å². The highest BCUT2D eigenvalue weighted by Gasteiger charge is 2.17. The first kappa shape index (κ1) is 16.4. The summed E-state index contributed by atoms with van der Waals surface area (Å²) in [5.74, 6) is -0.742. The van der Waals surface area contributed by atoms with E-state index in [0.29, 0.717) is 0 Å². The summed E-state index contributed by atoms with van der Waals surface area (Å²) < 4.78 is 1.95. The fourth-order valence-corrected chi connectivity index (χ4v) is 2.02. The van der Waals surface area contributed by atoms with Crippen molar-refractivity contribution in [3.63, 3.8) is 0 Å². The van der Waals surface area contributed by atoms with Gasteiger partial charge in [-0.25, -0.2) is 4.79 Å². The zero-order chi connectivity index (χ0) is 17.3. The van der Waals surface area contributed by atoms with Gasteiger partial charge >= 0.3 is 5.69 Å². The summed E-state index contributed by atoms with van der Waals surface area (Å²) in [6, 6.07) is 4.60. The molecule has 2 rings (SSSR count). The van der Waals surface area contributed by atoms with Crippen LogP contribution in [0, 0.1) is 10.1 Å². The number of aromatic nitrogens is 2. The Morgan fingerprint density at radius 1 is 1.22 bits per heavy atom. The minimum absolute atomic E-state index is 0.0271. The monoisotopic (exact) mass is 338 g/mol. The van der Waals surface area contributed by atoms with E-state index in [-0.39, 0.29) is 16.4 Å². The zero-order valence-electron chi connectivity index (χ0n) is 12.1. The van der Waals surface area contributed by atoms with Crippen LogP contribution < -0.4 is 16.6 Å². The molecule has 0 aliphatic rings. The Morgan fingerprint density at radius 3 is 2.48 bits per heavy atom. The van der Waals surface area contributed by atoms with Crippen LogP contribution in [0.1, 0.15) is 10.4 Å². The summed E-state index contributed by atoms with van der Waals surface area (Å²) in [7, 11) is 2.68. The van der Waals surface area contributed by atoms with Crippen molar-refractivity contribution in [1.29, 1.82) is 0 Å². The number of hydrogen-bond donors (Lipinski definition) is 1. The molecule has 9 nitrogen and oxygen atoms in total. The lowest BCUT2D eigenvalue weighted by Crippen LogP contribution is -2.38. The van der Waals surface area contributed by atoms with Crippen molar-refractivity contribution < 1.29 is 9.72 Å². The van der Waals surface area contributed by atoms with Crippen LogP contribution in [-0.2, 0) is 14.1 Å². The van der Waals surface area contributed by atoms with Crippen LogP contribution in [0.3, 0.4) is 0 Å². The topological polar surface area (TPSA) is 116 Å². The Kier molecular flexibility index (Phi) is 4.32. The lowest BCUT2D eigenvalue weighted by atomic mass is 10.2. The van der Waals surface area contributed by atoms with E-state index in [1.54, 1.807) is 0 Å². The number of anilines is 1. The third-order valence-corrected chi connectivity index (χ3v) is 3.49. The molecule has 1 heterocycles. The zero-order valence-corrected chi connectivity index (χ0v) is 12.8. The molecule has 1 aromatic heterocycles. The van der Waals surface area contributed by atoms with E-state index < -0.39 is 27.8 Å². The van der Waals surface area contributed by atoms with Crippen molar-refractivity contribution in [2.75, 3.05) is 5.32 Å². The fraction of sp³-hybridized carbons (Fsp3) is 0.154. The molecule has 0 saturated heterocycles. The second kappa shape index (κ2) is 6.05. The van der Waals surface area contributed by atoms with Crippen LogP contribution >= 0.6 is 11.6 Å². The normalized spacial score (nSPS) is 10.4. The van der Waals surface area contributed by atoms with Crippen LogP contribution in [0.4, 0.5) is 11.5 Å². The number of hydrogen-bond acceptors (Lipinski definition) is 5. The van der Waals surface area contributed by atoms with Crippen LogP contribution in [0.25, 0.3) is 0 Å². The maximum atomic E-state index is 12.2. The van der Waals surface area contributed by atoms with Crippen molar-refractivity contribution in [2.45, 2.75) is 0 Å². The fourth-order valence-electron chi connectivity index (χ4n) is 1.84. The molecule has 1 amide bonds. The van der Waals surface area contributed by atoms with Crippen LogP contribution in [0.15, 0.2) is 33.9 Å². The van der Waals surface area contributed by atoms with Gasteiger partial charge < -0.3 is 5.32 Å². The predicted molar refractivity (Wildman–Crippen MR) is 83.0 cm³/mol. The van der Waals surface area contributed by atoms with Crippen molar-refractivity contribution in [3.05, 3.63) is 65.8 Å². The van der Waals surface area contributed by atoms with E-state index >= 15 is 0 Å². The van der Waals surface area contributed by atoms with Gasteiger partial charge in [-0.2, -0.15) is 0 Å². The molecule has 0 aliphatic heterocycles. The molecule has 1 N–H and O–H groups in total.